The number of amides is 4. The molecule has 0 spiro atoms. The Balaban J connectivity index is 1.67. The Kier molecular flexibility index (Phi) is 4.28. The third-order valence-electron chi connectivity index (χ3n) is 4.48. The molecule has 0 bridgehead atoms. The zero-order valence-corrected chi connectivity index (χ0v) is 14.9. The van der Waals surface area contributed by atoms with E-state index in [0.717, 1.165) is 16.4 Å². The first-order valence-corrected chi connectivity index (χ1v) is 8.22. The molecule has 9 nitrogen and oxygen atoms in total. The van der Waals surface area contributed by atoms with Gasteiger partial charge in [0.2, 0.25) is 5.91 Å². The van der Waals surface area contributed by atoms with E-state index in [-0.39, 0.29) is 18.6 Å². The van der Waals surface area contributed by atoms with Crippen molar-refractivity contribution in [2.24, 2.45) is 7.05 Å². The van der Waals surface area contributed by atoms with Crippen molar-refractivity contribution in [1.82, 2.24) is 24.7 Å². The van der Waals surface area contributed by atoms with E-state index in [1.54, 1.807) is 18.7 Å². The van der Waals surface area contributed by atoms with E-state index in [9.17, 15) is 14.4 Å². The number of imidazole rings is 1. The number of nitrogens with zero attached hydrogens (tertiary/aromatic N) is 4. The molecule has 1 atom stereocenters. The fourth-order valence-corrected chi connectivity index (χ4v) is 3.16. The number of hydrogen-bond acceptors (Lipinski definition) is 5. The van der Waals surface area contributed by atoms with Gasteiger partial charge in [0.15, 0.2) is 0 Å². The molecule has 1 N–H and O–H groups in total. The first-order valence-electron chi connectivity index (χ1n) is 8.22. The minimum atomic E-state index is -0.977. The topological polar surface area (TPSA) is 96.8 Å². The van der Waals surface area contributed by atoms with Gasteiger partial charge in [-0.2, -0.15) is 0 Å². The SMILES string of the molecule is Cc1cn(C)c(C2CN(C(=O)CN3C(=O)NC(C)(C)C3=O)CCO2)n1. The number of aromatic nitrogens is 2. The molecule has 2 saturated heterocycles. The summed E-state index contributed by atoms with van der Waals surface area (Å²) in [7, 11) is 1.88. The summed E-state index contributed by atoms with van der Waals surface area (Å²) in [4.78, 5) is 43.8. The third-order valence-corrected chi connectivity index (χ3v) is 4.48. The first-order chi connectivity index (χ1) is 11.7. The van der Waals surface area contributed by atoms with Gasteiger partial charge in [0.05, 0.1) is 18.8 Å². The molecule has 0 radical (unpaired) electrons. The number of rotatable bonds is 3. The van der Waals surface area contributed by atoms with Crippen molar-refractivity contribution >= 4 is 17.8 Å². The molecule has 25 heavy (non-hydrogen) atoms. The van der Waals surface area contributed by atoms with Gasteiger partial charge < -0.3 is 19.5 Å². The third kappa shape index (κ3) is 3.23. The molecule has 4 amide bonds. The van der Waals surface area contributed by atoms with Crippen LogP contribution in [0.25, 0.3) is 0 Å². The summed E-state index contributed by atoms with van der Waals surface area (Å²) < 4.78 is 7.63. The summed E-state index contributed by atoms with van der Waals surface area (Å²) >= 11 is 0. The predicted octanol–water partition coefficient (Wildman–Crippen LogP) is -0.0412. The van der Waals surface area contributed by atoms with E-state index in [1.807, 2.05) is 24.7 Å². The molecule has 1 aromatic heterocycles. The second-order valence-corrected chi connectivity index (χ2v) is 7.00. The summed E-state index contributed by atoms with van der Waals surface area (Å²) in [5.41, 5.74) is -0.0961. The van der Waals surface area contributed by atoms with Crippen LogP contribution in [0.2, 0.25) is 0 Å². The van der Waals surface area contributed by atoms with E-state index in [4.69, 9.17) is 4.74 Å². The van der Waals surface area contributed by atoms with Crippen molar-refractivity contribution in [3.63, 3.8) is 0 Å². The van der Waals surface area contributed by atoms with E-state index in [2.05, 4.69) is 10.3 Å². The lowest BCUT2D eigenvalue weighted by Gasteiger charge is -2.33. The Hall–Kier alpha value is -2.42. The molecule has 0 saturated carbocycles. The number of imide groups is 1. The largest absolute Gasteiger partial charge is 0.367 e. The van der Waals surface area contributed by atoms with Gasteiger partial charge in [-0.3, -0.25) is 14.5 Å². The maximum Gasteiger partial charge on any atom is 0.325 e. The van der Waals surface area contributed by atoms with Gasteiger partial charge >= 0.3 is 6.03 Å². The zero-order valence-electron chi connectivity index (χ0n) is 14.9. The van der Waals surface area contributed by atoms with Crippen LogP contribution in [-0.2, 0) is 21.4 Å². The number of nitrogens with one attached hydrogen (secondary N) is 1. The van der Waals surface area contributed by atoms with Crippen LogP contribution in [0.4, 0.5) is 4.79 Å². The summed E-state index contributed by atoms with van der Waals surface area (Å²) in [5, 5.41) is 2.57. The van der Waals surface area contributed by atoms with Crippen molar-refractivity contribution in [3.8, 4) is 0 Å². The second-order valence-electron chi connectivity index (χ2n) is 7.00. The van der Waals surface area contributed by atoms with Crippen molar-refractivity contribution in [3.05, 3.63) is 17.7 Å². The number of ether oxygens (including phenoxy) is 1. The standard InChI is InChI=1S/C16H23N5O4/c1-10-7-19(4)13(17-10)11-8-20(5-6-25-11)12(22)9-21-14(23)16(2,3)18-15(21)24/h7,11H,5-6,8-9H2,1-4H3,(H,18,24). The van der Waals surface area contributed by atoms with Crippen LogP contribution >= 0.6 is 0 Å². The molecule has 2 aliphatic heterocycles. The molecule has 136 valence electrons. The van der Waals surface area contributed by atoms with E-state index < -0.39 is 17.5 Å². The van der Waals surface area contributed by atoms with Gasteiger partial charge in [-0.15, -0.1) is 0 Å². The minimum Gasteiger partial charge on any atom is -0.367 e. The van der Waals surface area contributed by atoms with Gasteiger partial charge in [0, 0.05) is 19.8 Å². The number of urea groups is 1. The Morgan fingerprint density at radius 3 is 2.72 bits per heavy atom. The van der Waals surface area contributed by atoms with E-state index in [0.29, 0.717) is 19.7 Å². The first kappa shape index (κ1) is 17.4. The fraction of sp³-hybridized carbons (Fsp3) is 0.625. The molecular formula is C16H23N5O4. The average Bonchev–Trinajstić information content (AvgIpc) is 2.98. The number of carbonyl (C=O) groups excluding carboxylic acids is 3. The van der Waals surface area contributed by atoms with Crippen LogP contribution < -0.4 is 5.32 Å². The molecule has 2 fully saturated rings. The minimum absolute atomic E-state index is 0.263. The van der Waals surface area contributed by atoms with Crippen LogP contribution in [0, 0.1) is 6.92 Å². The second kappa shape index (κ2) is 6.14. The molecule has 1 unspecified atom stereocenters. The predicted molar refractivity (Wildman–Crippen MR) is 87.5 cm³/mol. The molecule has 0 aromatic carbocycles. The van der Waals surface area contributed by atoms with E-state index >= 15 is 0 Å². The van der Waals surface area contributed by atoms with Crippen LogP contribution in [0.1, 0.15) is 31.5 Å². The molecule has 2 aliphatic rings. The number of morpholine rings is 1. The number of aryl methyl sites for hydroxylation is 2. The van der Waals surface area contributed by atoms with Crippen molar-refractivity contribution < 1.29 is 19.1 Å². The van der Waals surface area contributed by atoms with Crippen molar-refractivity contribution in [2.75, 3.05) is 26.2 Å². The average molecular weight is 349 g/mol. The summed E-state index contributed by atoms with van der Waals surface area (Å²) in [6, 6.07) is -0.534. The Morgan fingerprint density at radius 2 is 2.16 bits per heavy atom. The number of hydrogen-bond donors (Lipinski definition) is 1. The van der Waals surface area contributed by atoms with Crippen molar-refractivity contribution in [2.45, 2.75) is 32.4 Å². The molecule has 0 aliphatic carbocycles. The summed E-state index contributed by atoms with van der Waals surface area (Å²) in [6.45, 7) is 6.02. The van der Waals surface area contributed by atoms with Gasteiger partial charge in [0.1, 0.15) is 24.0 Å². The highest BCUT2D eigenvalue weighted by Crippen LogP contribution is 2.22. The molecular weight excluding hydrogens is 326 g/mol. The molecule has 3 rings (SSSR count). The van der Waals surface area contributed by atoms with Gasteiger partial charge in [-0.05, 0) is 20.8 Å². The lowest BCUT2D eigenvalue weighted by atomic mass is 10.1. The Labute approximate surface area is 145 Å². The highest BCUT2D eigenvalue weighted by molar-refractivity contribution is 6.08. The summed E-state index contributed by atoms with van der Waals surface area (Å²) in [6.07, 6.45) is 1.57. The zero-order chi connectivity index (χ0) is 18.4. The van der Waals surface area contributed by atoms with Crippen molar-refractivity contribution in [1.29, 1.82) is 0 Å². The molecule has 3 heterocycles. The maximum atomic E-state index is 12.6. The number of carbonyl (C=O) groups is 3. The smallest absolute Gasteiger partial charge is 0.325 e. The fourth-order valence-electron chi connectivity index (χ4n) is 3.16. The lowest BCUT2D eigenvalue weighted by molar-refractivity contribution is -0.143. The van der Waals surface area contributed by atoms with Crippen LogP contribution in [0.15, 0.2) is 6.20 Å². The van der Waals surface area contributed by atoms with Gasteiger partial charge in [-0.25, -0.2) is 9.78 Å². The van der Waals surface area contributed by atoms with Gasteiger partial charge in [-0.1, -0.05) is 0 Å². The van der Waals surface area contributed by atoms with Crippen LogP contribution in [0.5, 0.6) is 0 Å². The Morgan fingerprint density at radius 1 is 1.44 bits per heavy atom. The quantitative estimate of drug-likeness (QED) is 0.773. The van der Waals surface area contributed by atoms with Crippen LogP contribution in [-0.4, -0.2) is 69.0 Å². The summed E-state index contributed by atoms with van der Waals surface area (Å²) in [5.74, 6) is 0.0851. The monoisotopic (exact) mass is 349 g/mol. The normalized spacial score (nSPS) is 23.1. The van der Waals surface area contributed by atoms with Gasteiger partial charge in [0.25, 0.3) is 5.91 Å². The van der Waals surface area contributed by atoms with Crippen LogP contribution in [0.3, 0.4) is 0 Å². The highest BCUT2D eigenvalue weighted by atomic mass is 16.5. The van der Waals surface area contributed by atoms with E-state index in [1.165, 1.54) is 0 Å². The maximum absolute atomic E-state index is 12.6. The molecule has 9 heteroatoms. The lowest BCUT2D eigenvalue weighted by Crippen LogP contribution is -2.48. The molecule has 1 aromatic rings. The Bertz CT molecular complexity index is 726. The highest BCUT2D eigenvalue weighted by Gasteiger charge is 2.45.